The van der Waals surface area contributed by atoms with Gasteiger partial charge < -0.3 is 15.2 Å². The van der Waals surface area contributed by atoms with E-state index in [9.17, 15) is 14.7 Å². The van der Waals surface area contributed by atoms with Crippen molar-refractivity contribution in [2.75, 3.05) is 6.61 Å². The predicted octanol–water partition coefficient (Wildman–Crippen LogP) is 4.80. The summed E-state index contributed by atoms with van der Waals surface area (Å²) in [5.41, 5.74) is 3.72. The largest absolute Gasteiger partial charge is 0.481 e. The quantitative estimate of drug-likeness (QED) is 0.765. The standard InChI is InChI=1S/C24H27NO4/c1-3-15-12-21(24(2,13-15)22(26)27)25-23(28)29-14-20-18-10-6-4-8-16(18)17-9-5-7-11-19(17)20/h4-11,15,20-21H,3,12-14H2,1-2H3,(H,25,28)(H,26,27). The molecule has 2 aromatic rings. The van der Waals surface area contributed by atoms with E-state index in [2.05, 4.69) is 36.5 Å². The van der Waals surface area contributed by atoms with Crippen LogP contribution in [0.15, 0.2) is 48.5 Å². The van der Waals surface area contributed by atoms with Crippen molar-refractivity contribution in [1.29, 1.82) is 0 Å². The molecule has 2 aliphatic rings. The van der Waals surface area contributed by atoms with Crippen LogP contribution < -0.4 is 5.32 Å². The minimum Gasteiger partial charge on any atom is -0.481 e. The van der Waals surface area contributed by atoms with Gasteiger partial charge in [-0.2, -0.15) is 0 Å². The van der Waals surface area contributed by atoms with Crippen molar-refractivity contribution in [3.63, 3.8) is 0 Å². The first kappa shape index (κ1) is 19.5. The molecule has 1 amide bonds. The second kappa shape index (κ2) is 7.54. The monoisotopic (exact) mass is 393 g/mol. The van der Waals surface area contributed by atoms with Gasteiger partial charge in [-0.3, -0.25) is 4.79 Å². The van der Waals surface area contributed by atoms with Crippen LogP contribution in [-0.2, 0) is 9.53 Å². The molecule has 1 fully saturated rings. The summed E-state index contributed by atoms with van der Waals surface area (Å²) in [7, 11) is 0. The topological polar surface area (TPSA) is 75.6 Å². The van der Waals surface area contributed by atoms with Crippen LogP contribution in [0.3, 0.4) is 0 Å². The first-order chi connectivity index (χ1) is 13.9. The van der Waals surface area contributed by atoms with Crippen molar-refractivity contribution in [2.24, 2.45) is 11.3 Å². The van der Waals surface area contributed by atoms with Crippen LogP contribution in [0.1, 0.15) is 50.2 Å². The van der Waals surface area contributed by atoms with Gasteiger partial charge >= 0.3 is 12.1 Å². The van der Waals surface area contributed by atoms with Gasteiger partial charge in [0.1, 0.15) is 6.61 Å². The molecule has 2 aliphatic carbocycles. The number of rotatable bonds is 5. The number of amides is 1. The Morgan fingerprint density at radius 3 is 2.24 bits per heavy atom. The van der Waals surface area contributed by atoms with Crippen molar-refractivity contribution >= 4 is 12.1 Å². The molecule has 5 nitrogen and oxygen atoms in total. The van der Waals surface area contributed by atoms with Crippen LogP contribution in [0.5, 0.6) is 0 Å². The van der Waals surface area contributed by atoms with E-state index in [0.717, 1.165) is 17.5 Å². The van der Waals surface area contributed by atoms with Crippen molar-refractivity contribution < 1.29 is 19.4 Å². The number of benzene rings is 2. The number of fused-ring (bicyclic) bond motifs is 3. The zero-order valence-electron chi connectivity index (χ0n) is 16.9. The lowest BCUT2D eigenvalue weighted by Gasteiger charge is -2.27. The Bertz CT molecular complexity index is 894. The Hall–Kier alpha value is -2.82. The van der Waals surface area contributed by atoms with E-state index in [1.807, 2.05) is 24.3 Å². The van der Waals surface area contributed by atoms with Gasteiger partial charge in [0.2, 0.25) is 0 Å². The average Bonchev–Trinajstić information content (AvgIpc) is 3.22. The van der Waals surface area contributed by atoms with Gasteiger partial charge in [-0.05, 0) is 47.9 Å². The maximum atomic E-state index is 12.6. The highest BCUT2D eigenvalue weighted by molar-refractivity contribution is 5.79. The Kier molecular flexibility index (Phi) is 5.07. The minimum atomic E-state index is -0.952. The summed E-state index contributed by atoms with van der Waals surface area (Å²) in [5.74, 6) is -0.571. The van der Waals surface area contributed by atoms with Gasteiger partial charge in [-0.25, -0.2) is 4.79 Å². The van der Waals surface area contributed by atoms with Gasteiger partial charge in [0.25, 0.3) is 0 Å². The maximum absolute atomic E-state index is 12.6. The number of hydrogen-bond donors (Lipinski definition) is 2. The molecule has 3 unspecified atom stereocenters. The molecule has 2 aromatic carbocycles. The van der Waals surface area contributed by atoms with E-state index in [1.54, 1.807) is 6.92 Å². The summed E-state index contributed by atoms with van der Waals surface area (Å²) in [5, 5.41) is 12.5. The van der Waals surface area contributed by atoms with Gasteiger partial charge in [0.05, 0.1) is 5.41 Å². The molecule has 0 heterocycles. The van der Waals surface area contributed by atoms with Crippen LogP contribution >= 0.6 is 0 Å². The molecule has 5 heteroatoms. The minimum absolute atomic E-state index is 0.00836. The van der Waals surface area contributed by atoms with Gasteiger partial charge in [0, 0.05) is 12.0 Å². The van der Waals surface area contributed by atoms with Crippen LogP contribution in [0, 0.1) is 11.3 Å². The van der Waals surface area contributed by atoms with Crippen molar-refractivity contribution in [1.82, 2.24) is 5.32 Å². The van der Waals surface area contributed by atoms with E-state index in [-0.39, 0.29) is 12.5 Å². The fourth-order valence-corrected chi connectivity index (χ4v) is 4.97. The molecule has 3 atom stereocenters. The van der Waals surface area contributed by atoms with Crippen molar-refractivity contribution in [2.45, 2.75) is 45.1 Å². The highest BCUT2D eigenvalue weighted by Gasteiger charge is 2.49. The number of alkyl carbamates (subject to hydrolysis) is 1. The normalized spacial score (nSPS) is 25.3. The van der Waals surface area contributed by atoms with Gasteiger partial charge in [-0.1, -0.05) is 61.9 Å². The zero-order valence-corrected chi connectivity index (χ0v) is 16.9. The fourth-order valence-electron chi connectivity index (χ4n) is 4.97. The first-order valence-electron chi connectivity index (χ1n) is 10.3. The second-order valence-electron chi connectivity index (χ2n) is 8.46. The van der Waals surface area contributed by atoms with E-state index < -0.39 is 23.5 Å². The number of ether oxygens (including phenoxy) is 1. The number of hydrogen-bond acceptors (Lipinski definition) is 3. The third-order valence-electron chi connectivity index (χ3n) is 6.75. The van der Waals surface area contributed by atoms with Crippen molar-refractivity contribution in [3.8, 4) is 11.1 Å². The van der Waals surface area contributed by atoms with E-state index in [1.165, 1.54) is 11.1 Å². The van der Waals surface area contributed by atoms with E-state index in [4.69, 9.17) is 4.74 Å². The third kappa shape index (κ3) is 3.39. The maximum Gasteiger partial charge on any atom is 0.407 e. The molecule has 152 valence electrons. The highest BCUT2D eigenvalue weighted by atomic mass is 16.5. The Labute approximate surface area is 171 Å². The second-order valence-corrected chi connectivity index (χ2v) is 8.46. The molecule has 0 aromatic heterocycles. The van der Waals surface area contributed by atoms with Gasteiger partial charge in [-0.15, -0.1) is 0 Å². The third-order valence-corrected chi connectivity index (χ3v) is 6.75. The Balaban J connectivity index is 1.46. The van der Waals surface area contributed by atoms with E-state index >= 15 is 0 Å². The molecule has 0 saturated heterocycles. The number of carbonyl (C=O) groups is 2. The van der Waals surface area contributed by atoms with Crippen LogP contribution in [0.4, 0.5) is 4.79 Å². The fraction of sp³-hybridized carbons (Fsp3) is 0.417. The summed E-state index contributed by atoms with van der Waals surface area (Å²) in [6.45, 7) is 4.01. The lowest BCUT2D eigenvalue weighted by molar-refractivity contribution is -0.148. The lowest BCUT2D eigenvalue weighted by atomic mass is 9.84. The molecule has 0 radical (unpaired) electrons. The first-order valence-corrected chi connectivity index (χ1v) is 10.3. The number of carboxylic acids is 1. The zero-order chi connectivity index (χ0) is 20.6. The highest BCUT2D eigenvalue weighted by Crippen LogP contribution is 2.45. The molecular weight excluding hydrogens is 366 g/mol. The molecule has 4 rings (SSSR count). The predicted molar refractivity (Wildman–Crippen MR) is 111 cm³/mol. The summed E-state index contributed by atoms with van der Waals surface area (Å²) in [6, 6.07) is 16.0. The molecule has 0 spiro atoms. The van der Waals surface area contributed by atoms with Crippen LogP contribution in [-0.4, -0.2) is 29.8 Å². The number of nitrogens with one attached hydrogen (secondary N) is 1. The summed E-state index contributed by atoms with van der Waals surface area (Å²) in [4.78, 5) is 24.4. The van der Waals surface area contributed by atoms with Crippen molar-refractivity contribution in [3.05, 3.63) is 59.7 Å². The number of carbonyl (C=O) groups excluding carboxylic acids is 1. The molecule has 0 aliphatic heterocycles. The summed E-state index contributed by atoms with van der Waals surface area (Å²) in [6.07, 6.45) is 1.61. The van der Waals surface area contributed by atoms with Crippen LogP contribution in [0.25, 0.3) is 11.1 Å². The summed E-state index contributed by atoms with van der Waals surface area (Å²) >= 11 is 0. The average molecular weight is 393 g/mol. The molecular formula is C24H27NO4. The smallest absolute Gasteiger partial charge is 0.407 e. The molecule has 2 N–H and O–H groups in total. The van der Waals surface area contributed by atoms with E-state index in [0.29, 0.717) is 18.8 Å². The Morgan fingerprint density at radius 2 is 1.69 bits per heavy atom. The Morgan fingerprint density at radius 1 is 1.10 bits per heavy atom. The number of aliphatic carboxylic acids is 1. The number of carboxylic acid groups (broad SMARTS) is 1. The molecule has 1 saturated carbocycles. The summed E-state index contributed by atoms with van der Waals surface area (Å²) < 4.78 is 5.60. The SMILES string of the molecule is CCC1CC(NC(=O)OCC2c3ccccc3-c3ccccc32)C(C)(C(=O)O)C1. The lowest BCUT2D eigenvalue weighted by Crippen LogP contribution is -2.47. The van der Waals surface area contributed by atoms with Gasteiger partial charge in [0.15, 0.2) is 0 Å². The molecule has 0 bridgehead atoms. The molecule has 29 heavy (non-hydrogen) atoms. The van der Waals surface area contributed by atoms with Crippen LogP contribution in [0.2, 0.25) is 0 Å².